The van der Waals surface area contributed by atoms with E-state index in [0.29, 0.717) is 17.4 Å². The molecule has 0 aliphatic heterocycles. The maximum Gasteiger partial charge on any atom is 0.472 e. The van der Waals surface area contributed by atoms with Gasteiger partial charge in [0.05, 0.1) is 27.7 Å². The molecule has 0 saturated carbocycles. The highest BCUT2D eigenvalue weighted by atomic mass is 31.2. The van der Waals surface area contributed by atoms with Crippen LogP contribution in [0.2, 0.25) is 0 Å². The summed E-state index contributed by atoms with van der Waals surface area (Å²) in [7, 11) is 1.48. The van der Waals surface area contributed by atoms with Crippen molar-refractivity contribution < 1.29 is 42.1 Å². The number of allylic oxidation sites excluding steroid dienone is 12. The van der Waals surface area contributed by atoms with Crippen molar-refractivity contribution >= 4 is 19.8 Å². The summed E-state index contributed by atoms with van der Waals surface area (Å²) < 4.78 is 34.5. The molecule has 1 N–H and O–H groups in total. The molecule has 9 nitrogen and oxygen atoms in total. The smallest absolute Gasteiger partial charge is 0.462 e. The lowest BCUT2D eigenvalue weighted by Gasteiger charge is -2.24. The predicted molar refractivity (Wildman–Crippen MR) is 326 cm³/mol. The van der Waals surface area contributed by atoms with Crippen molar-refractivity contribution in [3.05, 3.63) is 72.9 Å². The van der Waals surface area contributed by atoms with Crippen LogP contribution < -0.4 is 0 Å². The molecule has 0 amide bonds. The Bertz CT molecular complexity index is 1510. The summed E-state index contributed by atoms with van der Waals surface area (Å²) in [6.45, 7) is 4.29. The first-order chi connectivity index (χ1) is 37.0. The van der Waals surface area contributed by atoms with E-state index < -0.39 is 26.5 Å². The van der Waals surface area contributed by atoms with E-state index in [1.807, 2.05) is 21.1 Å². The molecular formula is C66H121NO8P+. The number of rotatable bonds is 58. The van der Waals surface area contributed by atoms with Crippen LogP contribution in [0.25, 0.3) is 0 Å². The molecule has 0 aliphatic rings. The van der Waals surface area contributed by atoms with Crippen molar-refractivity contribution in [2.75, 3.05) is 47.5 Å². The Morgan fingerprint density at radius 3 is 1.13 bits per heavy atom. The van der Waals surface area contributed by atoms with Gasteiger partial charge in [-0.1, -0.05) is 267 Å². The minimum Gasteiger partial charge on any atom is -0.462 e. The fourth-order valence-electron chi connectivity index (χ4n) is 8.85. The average Bonchev–Trinajstić information content (AvgIpc) is 3.38. The zero-order valence-electron chi connectivity index (χ0n) is 50.2. The van der Waals surface area contributed by atoms with Gasteiger partial charge in [-0.2, -0.15) is 0 Å². The predicted octanol–water partition coefficient (Wildman–Crippen LogP) is 20.0. The summed E-state index contributed by atoms with van der Waals surface area (Å²) >= 11 is 0. The van der Waals surface area contributed by atoms with E-state index in [2.05, 4.69) is 86.8 Å². The average molecular weight is 1090 g/mol. The molecule has 0 spiro atoms. The minimum atomic E-state index is -4.38. The molecule has 0 radical (unpaired) electrons. The number of carbonyl (C=O) groups excluding carboxylic acids is 2. The number of esters is 2. The van der Waals surface area contributed by atoms with Gasteiger partial charge in [0, 0.05) is 12.8 Å². The molecule has 10 heteroatoms. The van der Waals surface area contributed by atoms with Crippen LogP contribution in [-0.4, -0.2) is 74.9 Å². The van der Waals surface area contributed by atoms with Gasteiger partial charge in [0.25, 0.3) is 0 Å². The van der Waals surface area contributed by atoms with Crippen LogP contribution >= 0.6 is 7.82 Å². The number of hydrogen-bond acceptors (Lipinski definition) is 7. The van der Waals surface area contributed by atoms with Crippen LogP contribution in [0.4, 0.5) is 0 Å². The van der Waals surface area contributed by atoms with Gasteiger partial charge >= 0.3 is 19.8 Å². The number of quaternary nitrogens is 1. The Kier molecular flexibility index (Phi) is 55.2. The highest BCUT2D eigenvalue weighted by Gasteiger charge is 2.27. The van der Waals surface area contributed by atoms with E-state index in [1.165, 1.54) is 161 Å². The number of ether oxygens (including phenoxy) is 2. The van der Waals surface area contributed by atoms with Gasteiger partial charge in [-0.3, -0.25) is 18.6 Å². The van der Waals surface area contributed by atoms with Crippen molar-refractivity contribution in [2.45, 2.75) is 290 Å². The molecule has 0 saturated heterocycles. The molecule has 0 aromatic carbocycles. The van der Waals surface area contributed by atoms with E-state index in [0.717, 1.165) is 89.9 Å². The van der Waals surface area contributed by atoms with E-state index in [4.69, 9.17) is 18.5 Å². The Balaban J connectivity index is 3.84. The third kappa shape index (κ3) is 60.7. The Hall–Kier alpha value is -2.55. The molecule has 2 unspecified atom stereocenters. The van der Waals surface area contributed by atoms with Gasteiger partial charge in [-0.25, -0.2) is 4.57 Å². The molecule has 0 fully saturated rings. The number of hydrogen-bond donors (Lipinski definition) is 1. The Morgan fingerprint density at radius 2 is 0.750 bits per heavy atom. The van der Waals surface area contributed by atoms with Gasteiger partial charge in [0.2, 0.25) is 0 Å². The van der Waals surface area contributed by atoms with Gasteiger partial charge in [-0.15, -0.1) is 0 Å². The summed E-state index contributed by atoms with van der Waals surface area (Å²) in [6, 6.07) is 0. The highest BCUT2D eigenvalue weighted by molar-refractivity contribution is 7.47. The first-order valence-electron chi connectivity index (χ1n) is 31.7. The summed E-state index contributed by atoms with van der Waals surface area (Å²) in [5.41, 5.74) is 0. The number of unbranched alkanes of at least 4 members (excludes halogenated alkanes) is 32. The first kappa shape index (κ1) is 73.5. The minimum absolute atomic E-state index is 0.0311. The largest absolute Gasteiger partial charge is 0.472 e. The standard InChI is InChI=1S/C66H120NO8P/c1-6-8-10-12-14-16-18-19-20-21-22-23-24-25-26-27-28-29-30-31-32-33-34-35-36-37-38-39-40-41-42-43-44-45-46-47-49-51-53-55-57-59-66(69)75-64(63-74-76(70,71)73-61-60-67(3,4)5)62-72-65(68)58-56-54-52-50-48-17-15-13-11-9-7-2/h8,10,13-16,19-20,22-23,25-26,64H,6-7,9,11-12,17-18,21,24,27-63H2,1-5H3/p+1/b10-8-,15-13-,16-14-,20-19-,23-22-,26-25-. The van der Waals surface area contributed by atoms with Crippen molar-refractivity contribution in [1.82, 2.24) is 0 Å². The van der Waals surface area contributed by atoms with Crippen molar-refractivity contribution in [3.8, 4) is 0 Å². The lowest BCUT2D eigenvalue weighted by atomic mass is 10.0. The molecule has 0 aliphatic carbocycles. The molecule has 0 aromatic rings. The SMILES string of the molecule is CC/C=C\C/C=C\C/C=C\C/C=C\C/C=C\CCCCCCCCCCCCCCCCCCCCCCCCCCCC(=O)OC(COC(=O)CCCCCCC/C=C\CCCC)COP(=O)(O)OCC[N+](C)(C)C. The van der Waals surface area contributed by atoms with Crippen molar-refractivity contribution in [3.63, 3.8) is 0 Å². The summed E-state index contributed by atoms with van der Waals surface area (Å²) in [6.07, 6.45) is 76.0. The fourth-order valence-corrected chi connectivity index (χ4v) is 9.59. The van der Waals surface area contributed by atoms with Crippen LogP contribution in [0.15, 0.2) is 72.9 Å². The molecule has 0 rings (SSSR count). The van der Waals surface area contributed by atoms with Gasteiger partial charge in [0.15, 0.2) is 6.10 Å². The monoisotopic (exact) mass is 1090 g/mol. The second-order valence-electron chi connectivity index (χ2n) is 22.4. The van der Waals surface area contributed by atoms with Crippen molar-refractivity contribution in [1.29, 1.82) is 0 Å². The van der Waals surface area contributed by atoms with E-state index in [9.17, 15) is 19.0 Å². The number of carbonyl (C=O) groups is 2. The van der Waals surface area contributed by atoms with Gasteiger partial charge in [0.1, 0.15) is 19.8 Å². The second kappa shape index (κ2) is 57.1. The maximum absolute atomic E-state index is 12.8. The normalized spacial score (nSPS) is 13.7. The van der Waals surface area contributed by atoms with Crippen LogP contribution in [-0.2, 0) is 32.7 Å². The third-order valence-electron chi connectivity index (χ3n) is 13.7. The zero-order chi connectivity index (χ0) is 55.6. The number of phosphoric acid groups is 1. The second-order valence-corrected chi connectivity index (χ2v) is 23.9. The first-order valence-corrected chi connectivity index (χ1v) is 33.2. The molecular weight excluding hydrogens is 966 g/mol. The maximum atomic E-state index is 12.8. The molecule has 0 aromatic heterocycles. The Morgan fingerprint density at radius 1 is 0.421 bits per heavy atom. The van der Waals surface area contributed by atoms with Crippen LogP contribution in [0.1, 0.15) is 284 Å². The van der Waals surface area contributed by atoms with E-state index in [1.54, 1.807) is 0 Å². The van der Waals surface area contributed by atoms with Gasteiger partial charge in [-0.05, 0) is 77.0 Å². The molecule has 76 heavy (non-hydrogen) atoms. The highest BCUT2D eigenvalue weighted by Crippen LogP contribution is 2.43. The van der Waals surface area contributed by atoms with E-state index in [-0.39, 0.29) is 32.0 Å². The molecule has 2 atom stereocenters. The van der Waals surface area contributed by atoms with E-state index >= 15 is 0 Å². The zero-order valence-corrected chi connectivity index (χ0v) is 51.1. The van der Waals surface area contributed by atoms with Crippen LogP contribution in [0.3, 0.4) is 0 Å². The molecule has 442 valence electrons. The third-order valence-corrected chi connectivity index (χ3v) is 14.7. The Labute approximate surface area is 469 Å². The quantitative estimate of drug-likeness (QED) is 0.0211. The fraction of sp³-hybridized carbons (Fsp3) is 0.788. The summed E-state index contributed by atoms with van der Waals surface area (Å²) in [5, 5.41) is 0. The number of phosphoric ester groups is 1. The van der Waals surface area contributed by atoms with Gasteiger partial charge < -0.3 is 18.9 Å². The number of likely N-dealkylation sites (N-methyl/N-ethyl adjacent to an activating group) is 1. The van der Waals surface area contributed by atoms with Crippen molar-refractivity contribution in [2.24, 2.45) is 0 Å². The van der Waals surface area contributed by atoms with Crippen LogP contribution in [0.5, 0.6) is 0 Å². The lowest BCUT2D eigenvalue weighted by Crippen LogP contribution is -2.37. The topological polar surface area (TPSA) is 108 Å². The summed E-state index contributed by atoms with van der Waals surface area (Å²) in [5.74, 6) is -0.800. The molecule has 0 heterocycles. The number of nitrogens with zero attached hydrogens (tertiary/aromatic N) is 1. The summed E-state index contributed by atoms with van der Waals surface area (Å²) in [4.78, 5) is 35.6. The van der Waals surface area contributed by atoms with Crippen LogP contribution in [0, 0.1) is 0 Å². The lowest BCUT2D eigenvalue weighted by molar-refractivity contribution is -0.870. The molecule has 0 bridgehead atoms.